The third-order valence-electron chi connectivity index (χ3n) is 7.02. The first-order chi connectivity index (χ1) is 18.4. The highest BCUT2D eigenvalue weighted by atomic mass is 16.7. The first kappa shape index (κ1) is 35.2. The van der Waals surface area contributed by atoms with Gasteiger partial charge in [-0.15, -0.1) is 0 Å². The molecule has 0 radical (unpaired) electrons. The summed E-state index contributed by atoms with van der Waals surface area (Å²) in [6.07, 6.45) is 10.1. The van der Waals surface area contributed by atoms with Gasteiger partial charge in [0.1, 0.15) is 30.5 Å². The van der Waals surface area contributed by atoms with Gasteiger partial charge in [-0.2, -0.15) is 0 Å². The summed E-state index contributed by atoms with van der Waals surface area (Å²) >= 11 is 0. The lowest BCUT2D eigenvalue weighted by Gasteiger charge is -2.39. The largest absolute Gasteiger partial charge is 0.457 e. The Morgan fingerprint density at radius 1 is 0.737 bits per heavy atom. The van der Waals surface area contributed by atoms with Crippen molar-refractivity contribution >= 4 is 5.97 Å². The fourth-order valence-corrected chi connectivity index (χ4v) is 4.55. The lowest BCUT2D eigenvalue weighted by Crippen LogP contribution is -2.59. The Morgan fingerprint density at radius 3 is 1.87 bits per heavy atom. The van der Waals surface area contributed by atoms with Crippen LogP contribution in [0.1, 0.15) is 117 Å². The normalized spacial score (nSPS) is 24.4. The summed E-state index contributed by atoms with van der Waals surface area (Å²) in [5.41, 5.74) is 0. The predicted octanol–water partition coefficient (Wildman–Crippen LogP) is 4.01. The number of rotatable bonds is 24. The van der Waals surface area contributed by atoms with Crippen molar-refractivity contribution in [1.82, 2.24) is 0 Å². The van der Waals surface area contributed by atoms with Crippen LogP contribution in [0.5, 0.6) is 0 Å². The van der Waals surface area contributed by atoms with Crippen LogP contribution in [-0.4, -0.2) is 89.6 Å². The van der Waals surface area contributed by atoms with Crippen molar-refractivity contribution in [3.05, 3.63) is 0 Å². The molecule has 0 aromatic heterocycles. The Kier molecular flexibility index (Phi) is 21.3. The van der Waals surface area contributed by atoms with Gasteiger partial charge in [-0.1, -0.05) is 97.3 Å². The second-order valence-corrected chi connectivity index (χ2v) is 10.6. The molecule has 1 aliphatic rings. The van der Waals surface area contributed by atoms with Gasteiger partial charge in [0.05, 0.1) is 19.8 Å². The van der Waals surface area contributed by atoms with E-state index >= 15 is 0 Å². The molecule has 1 rings (SSSR count). The number of carbonyl (C=O) groups excluding carboxylic acids is 1. The highest BCUT2D eigenvalue weighted by Crippen LogP contribution is 2.22. The van der Waals surface area contributed by atoms with Crippen LogP contribution < -0.4 is 0 Å². The van der Waals surface area contributed by atoms with E-state index in [0.29, 0.717) is 13.0 Å². The molecule has 226 valence electrons. The van der Waals surface area contributed by atoms with E-state index in [2.05, 4.69) is 13.8 Å². The minimum Gasteiger partial charge on any atom is -0.457 e. The van der Waals surface area contributed by atoms with Crippen molar-refractivity contribution in [2.24, 2.45) is 0 Å². The minimum atomic E-state index is -1.53. The van der Waals surface area contributed by atoms with Crippen LogP contribution in [0.3, 0.4) is 0 Å². The van der Waals surface area contributed by atoms with Crippen molar-refractivity contribution < 1.29 is 44.2 Å². The Hall–Kier alpha value is -0.810. The van der Waals surface area contributed by atoms with E-state index in [4.69, 9.17) is 18.9 Å². The monoisotopic (exact) mass is 548 g/mol. The molecular formula is C29H56O9. The molecule has 9 heteroatoms. The molecule has 0 aromatic rings. The van der Waals surface area contributed by atoms with E-state index in [0.717, 1.165) is 32.1 Å². The standard InChI is InChI=1S/C29H56O9/c1-3-5-7-9-11-13-15-17-19-35-21-23(37-25(31)18-16-14-12-10-8-6-4-2)22-36-29-28(34)27(33)26(32)24(20-30)38-29/h23-24,26-30,32-34H,3-22H2,1-2H3. The van der Waals surface area contributed by atoms with Crippen molar-refractivity contribution in [3.8, 4) is 0 Å². The molecule has 0 spiro atoms. The molecular weight excluding hydrogens is 492 g/mol. The Labute approximate surface area is 230 Å². The summed E-state index contributed by atoms with van der Waals surface area (Å²) in [6, 6.07) is 0. The van der Waals surface area contributed by atoms with Gasteiger partial charge in [0.2, 0.25) is 0 Å². The number of hydrogen-bond acceptors (Lipinski definition) is 9. The van der Waals surface area contributed by atoms with Crippen LogP contribution in [0.4, 0.5) is 0 Å². The second-order valence-electron chi connectivity index (χ2n) is 10.6. The Balaban J connectivity index is 2.44. The van der Waals surface area contributed by atoms with E-state index < -0.39 is 43.4 Å². The maximum Gasteiger partial charge on any atom is 0.306 e. The Morgan fingerprint density at radius 2 is 1.29 bits per heavy atom. The number of aliphatic hydroxyl groups excluding tert-OH is 4. The van der Waals surface area contributed by atoms with Crippen molar-refractivity contribution in [1.29, 1.82) is 0 Å². The zero-order valence-electron chi connectivity index (χ0n) is 23.9. The average Bonchev–Trinajstić information content (AvgIpc) is 2.91. The number of hydrogen-bond donors (Lipinski definition) is 4. The number of ether oxygens (including phenoxy) is 4. The zero-order chi connectivity index (χ0) is 28.0. The Bertz CT molecular complexity index is 560. The smallest absolute Gasteiger partial charge is 0.306 e. The number of esters is 1. The van der Waals surface area contributed by atoms with Crippen LogP contribution in [0, 0.1) is 0 Å². The van der Waals surface area contributed by atoms with Crippen LogP contribution in [0.2, 0.25) is 0 Å². The third-order valence-corrected chi connectivity index (χ3v) is 7.02. The van der Waals surface area contributed by atoms with Crippen LogP contribution >= 0.6 is 0 Å². The summed E-state index contributed by atoms with van der Waals surface area (Å²) in [5, 5.41) is 39.5. The second kappa shape index (κ2) is 22.9. The molecule has 4 N–H and O–H groups in total. The molecule has 1 saturated heterocycles. The maximum atomic E-state index is 12.5. The molecule has 38 heavy (non-hydrogen) atoms. The molecule has 0 saturated carbocycles. The first-order valence-electron chi connectivity index (χ1n) is 15.1. The van der Waals surface area contributed by atoms with Crippen molar-refractivity contribution in [2.75, 3.05) is 26.4 Å². The first-order valence-corrected chi connectivity index (χ1v) is 15.1. The molecule has 6 atom stereocenters. The molecule has 0 aromatic carbocycles. The van der Waals surface area contributed by atoms with Crippen LogP contribution in [-0.2, 0) is 23.7 Å². The fraction of sp³-hybridized carbons (Fsp3) is 0.966. The highest BCUT2D eigenvalue weighted by molar-refractivity contribution is 5.69. The quantitative estimate of drug-likeness (QED) is 0.104. The van der Waals surface area contributed by atoms with Gasteiger partial charge in [-0.3, -0.25) is 4.79 Å². The number of aliphatic hydroxyl groups is 4. The van der Waals surface area contributed by atoms with E-state index in [1.165, 1.54) is 64.2 Å². The van der Waals surface area contributed by atoms with E-state index in [9.17, 15) is 25.2 Å². The molecule has 1 aliphatic heterocycles. The minimum absolute atomic E-state index is 0.108. The van der Waals surface area contributed by atoms with E-state index in [1.807, 2.05) is 0 Å². The molecule has 1 heterocycles. The molecule has 6 unspecified atom stereocenters. The van der Waals surface area contributed by atoms with Gasteiger partial charge >= 0.3 is 5.97 Å². The SMILES string of the molecule is CCCCCCCCCCOCC(COC1OC(CO)C(O)C(O)C1O)OC(=O)CCCCCCCCC. The van der Waals surface area contributed by atoms with Gasteiger partial charge in [-0.25, -0.2) is 0 Å². The summed E-state index contributed by atoms with van der Waals surface area (Å²) in [4.78, 5) is 12.5. The number of unbranched alkanes of at least 4 members (excludes halogenated alkanes) is 13. The maximum absolute atomic E-state index is 12.5. The predicted molar refractivity (Wildman–Crippen MR) is 146 cm³/mol. The van der Waals surface area contributed by atoms with Gasteiger partial charge < -0.3 is 39.4 Å². The summed E-state index contributed by atoms with van der Waals surface area (Å²) < 4.78 is 22.4. The van der Waals surface area contributed by atoms with E-state index in [1.54, 1.807) is 0 Å². The fourth-order valence-electron chi connectivity index (χ4n) is 4.55. The topological polar surface area (TPSA) is 135 Å². The van der Waals surface area contributed by atoms with Gasteiger partial charge in [0.15, 0.2) is 6.29 Å². The van der Waals surface area contributed by atoms with Crippen molar-refractivity contribution in [3.63, 3.8) is 0 Å². The summed E-state index contributed by atoms with van der Waals surface area (Å²) in [5.74, 6) is -0.323. The van der Waals surface area contributed by atoms with Gasteiger partial charge in [-0.05, 0) is 12.8 Å². The van der Waals surface area contributed by atoms with E-state index in [-0.39, 0.29) is 19.2 Å². The lowest BCUT2D eigenvalue weighted by molar-refractivity contribution is -0.305. The molecule has 0 aliphatic carbocycles. The summed E-state index contributed by atoms with van der Waals surface area (Å²) in [7, 11) is 0. The van der Waals surface area contributed by atoms with Crippen molar-refractivity contribution in [2.45, 2.75) is 153 Å². The molecule has 9 nitrogen and oxygen atoms in total. The highest BCUT2D eigenvalue weighted by Gasteiger charge is 2.44. The summed E-state index contributed by atoms with van der Waals surface area (Å²) in [6.45, 7) is 4.46. The molecule has 1 fully saturated rings. The molecule has 0 amide bonds. The van der Waals surface area contributed by atoms with Gasteiger partial charge in [0, 0.05) is 13.0 Å². The lowest BCUT2D eigenvalue weighted by atomic mass is 9.99. The molecule has 0 bridgehead atoms. The zero-order valence-corrected chi connectivity index (χ0v) is 23.9. The van der Waals surface area contributed by atoms with Crippen LogP contribution in [0.15, 0.2) is 0 Å². The average molecular weight is 549 g/mol. The number of carbonyl (C=O) groups is 1. The third kappa shape index (κ3) is 15.7. The van der Waals surface area contributed by atoms with Crippen LogP contribution in [0.25, 0.3) is 0 Å². The van der Waals surface area contributed by atoms with Gasteiger partial charge in [0.25, 0.3) is 0 Å².